The van der Waals surface area contributed by atoms with Crippen LogP contribution in [0.4, 0.5) is 30.8 Å². The van der Waals surface area contributed by atoms with Crippen molar-refractivity contribution >= 4 is 23.4 Å². The monoisotopic (exact) mass is 506 g/mol. The average Bonchev–Trinajstić information content (AvgIpc) is 3.53. The van der Waals surface area contributed by atoms with Gasteiger partial charge in [-0.2, -0.15) is 18.2 Å². The molecular weight excluding hydrogens is 481 g/mol. The molecule has 2 saturated heterocycles. The molecule has 4 unspecified atom stereocenters. The number of aliphatic hydroxyl groups excluding tert-OH is 1. The summed E-state index contributed by atoms with van der Waals surface area (Å²) in [4.78, 5) is 37.5. The summed E-state index contributed by atoms with van der Waals surface area (Å²) in [6, 6.07) is 2.40. The number of nitrogens with one attached hydrogen (secondary N) is 1. The minimum atomic E-state index is -4.61. The number of ether oxygens (including phenoxy) is 1. The number of hydrogen-bond donors (Lipinski definition) is 2. The topological polar surface area (TPSA) is 113 Å². The van der Waals surface area contributed by atoms with Gasteiger partial charge in [0.2, 0.25) is 5.95 Å². The SMILES string of the molecule is O=C(CN1c2nc(N3CC4OCC5CC543)cc(=O)n2CCC1C(F)(F)F)c1ccc(NCCO)nc1. The van der Waals surface area contributed by atoms with Crippen LogP contribution in [0.5, 0.6) is 0 Å². The van der Waals surface area contributed by atoms with Gasteiger partial charge >= 0.3 is 6.18 Å². The normalized spacial score (nSPS) is 28.2. The van der Waals surface area contributed by atoms with E-state index in [4.69, 9.17) is 9.84 Å². The number of anilines is 3. The lowest BCUT2D eigenvalue weighted by atomic mass is 9.95. The van der Waals surface area contributed by atoms with E-state index in [9.17, 15) is 22.8 Å². The molecule has 4 aliphatic rings. The molecule has 13 heteroatoms. The third-order valence-corrected chi connectivity index (χ3v) is 7.73. The van der Waals surface area contributed by atoms with Gasteiger partial charge in [0, 0.05) is 43.4 Å². The van der Waals surface area contributed by atoms with Crippen molar-refractivity contribution in [2.24, 2.45) is 5.92 Å². The summed E-state index contributed by atoms with van der Waals surface area (Å²) in [6.07, 6.45) is -2.72. The van der Waals surface area contributed by atoms with Crippen LogP contribution in [0.15, 0.2) is 29.2 Å². The van der Waals surface area contributed by atoms with Crippen molar-refractivity contribution in [1.82, 2.24) is 14.5 Å². The van der Waals surface area contributed by atoms with Crippen molar-refractivity contribution < 1.29 is 27.8 Å². The Labute approximate surface area is 203 Å². The molecule has 2 aromatic rings. The third-order valence-electron chi connectivity index (χ3n) is 7.73. The molecule has 0 radical (unpaired) electrons. The Kier molecular flexibility index (Phi) is 5.27. The molecule has 2 N–H and O–H groups in total. The predicted molar refractivity (Wildman–Crippen MR) is 122 cm³/mol. The van der Waals surface area contributed by atoms with Crippen LogP contribution in [0.3, 0.4) is 0 Å². The van der Waals surface area contributed by atoms with E-state index in [1.807, 2.05) is 4.90 Å². The first kappa shape index (κ1) is 23.2. The van der Waals surface area contributed by atoms with Gasteiger partial charge in [0.15, 0.2) is 5.78 Å². The van der Waals surface area contributed by atoms with Crippen LogP contribution in [0.2, 0.25) is 0 Å². The van der Waals surface area contributed by atoms with Gasteiger partial charge in [-0.25, -0.2) is 4.98 Å². The standard InChI is InChI=1S/C23H25F3N6O4/c24-23(25,26)16-3-5-30-20(35)7-19(32-11-17-22(32)8-14(22)12-36-17)29-21(30)31(16)10-15(34)13-1-2-18(28-9-13)27-4-6-33/h1-2,7,9,14,16-17,33H,3-6,8,10-12H2,(H,27,28). The molecule has 0 aromatic carbocycles. The van der Waals surface area contributed by atoms with Crippen molar-refractivity contribution in [3.63, 3.8) is 0 Å². The highest BCUT2D eigenvalue weighted by atomic mass is 19.4. The Hall–Kier alpha value is -3.19. The maximum atomic E-state index is 14.1. The van der Waals surface area contributed by atoms with Gasteiger partial charge in [0.05, 0.1) is 31.4 Å². The second-order valence-electron chi connectivity index (χ2n) is 9.71. The number of pyridine rings is 1. The second-order valence-corrected chi connectivity index (χ2v) is 9.71. The summed E-state index contributed by atoms with van der Waals surface area (Å²) in [7, 11) is 0. The molecule has 2 aromatic heterocycles. The Morgan fingerprint density at radius 2 is 2.17 bits per heavy atom. The van der Waals surface area contributed by atoms with Crippen molar-refractivity contribution in [3.8, 4) is 0 Å². The highest BCUT2D eigenvalue weighted by Gasteiger charge is 2.74. The highest BCUT2D eigenvalue weighted by Crippen LogP contribution is 2.63. The van der Waals surface area contributed by atoms with E-state index in [1.165, 1.54) is 29.0 Å². The van der Waals surface area contributed by atoms with E-state index >= 15 is 0 Å². The van der Waals surface area contributed by atoms with E-state index in [-0.39, 0.29) is 49.3 Å². The van der Waals surface area contributed by atoms with Gasteiger partial charge in [-0.15, -0.1) is 0 Å². The molecule has 0 amide bonds. The molecule has 1 aliphatic carbocycles. The zero-order valence-electron chi connectivity index (χ0n) is 19.2. The van der Waals surface area contributed by atoms with Crippen molar-refractivity contribution in [2.45, 2.75) is 43.2 Å². The number of carbonyl (C=O) groups excluding carboxylic acids is 1. The van der Waals surface area contributed by atoms with Gasteiger partial charge in [-0.05, 0) is 25.0 Å². The smallest absolute Gasteiger partial charge is 0.395 e. The number of aliphatic hydroxyl groups is 1. The van der Waals surface area contributed by atoms with Crippen molar-refractivity contribution in [1.29, 1.82) is 0 Å². The summed E-state index contributed by atoms with van der Waals surface area (Å²) in [5.41, 5.74) is -0.506. The Bertz CT molecular complexity index is 1250. The molecule has 4 atom stereocenters. The van der Waals surface area contributed by atoms with Crippen LogP contribution in [0.25, 0.3) is 0 Å². The largest absolute Gasteiger partial charge is 0.408 e. The Morgan fingerprint density at radius 1 is 1.33 bits per heavy atom. The molecule has 10 nitrogen and oxygen atoms in total. The number of alkyl halides is 3. The first-order valence-corrected chi connectivity index (χ1v) is 11.9. The molecule has 0 bridgehead atoms. The zero-order chi connectivity index (χ0) is 25.2. The van der Waals surface area contributed by atoms with E-state index in [0.29, 0.717) is 30.7 Å². The fourth-order valence-electron chi connectivity index (χ4n) is 5.77. The van der Waals surface area contributed by atoms with Gasteiger partial charge in [-0.1, -0.05) is 0 Å². The first-order chi connectivity index (χ1) is 17.2. The van der Waals surface area contributed by atoms with Gasteiger partial charge in [0.25, 0.3) is 5.56 Å². The molecule has 3 aliphatic heterocycles. The minimum Gasteiger partial charge on any atom is -0.395 e. The molecule has 36 heavy (non-hydrogen) atoms. The van der Waals surface area contributed by atoms with E-state index in [2.05, 4.69) is 15.3 Å². The summed E-state index contributed by atoms with van der Waals surface area (Å²) < 4.78 is 49.1. The fraction of sp³-hybridized carbons (Fsp3) is 0.565. The molecule has 5 heterocycles. The Morgan fingerprint density at radius 3 is 2.83 bits per heavy atom. The Balaban J connectivity index is 1.31. The van der Waals surface area contributed by atoms with E-state index in [1.54, 1.807) is 0 Å². The van der Waals surface area contributed by atoms with Crippen LogP contribution >= 0.6 is 0 Å². The molecule has 1 saturated carbocycles. The van der Waals surface area contributed by atoms with E-state index < -0.39 is 30.1 Å². The number of fused-ring (bicyclic) bond motifs is 1. The summed E-state index contributed by atoms with van der Waals surface area (Å²) in [5.74, 6) is 0.380. The van der Waals surface area contributed by atoms with Crippen molar-refractivity contribution in [3.05, 3.63) is 40.3 Å². The minimum absolute atomic E-state index is 0.0611. The lowest BCUT2D eigenvalue weighted by Crippen LogP contribution is -2.63. The maximum absolute atomic E-state index is 14.1. The predicted octanol–water partition coefficient (Wildman–Crippen LogP) is 1.04. The van der Waals surface area contributed by atoms with Crippen LogP contribution in [-0.2, 0) is 11.3 Å². The number of carbonyl (C=O) groups is 1. The first-order valence-electron chi connectivity index (χ1n) is 11.9. The number of nitrogens with zero attached hydrogens (tertiary/aromatic N) is 5. The van der Waals surface area contributed by atoms with Gasteiger partial charge in [-0.3, -0.25) is 14.2 Å². The lowest BCUT2D eigenvalue weighted by Gasteiger charge is -2.47. The van der Waals surface area contributed by atoms with Crippen LogP contribution in [-0.4, -0.2) is 82.1 Å². The molecule has 6 rings (SSSR count). The van der Waals surface area contributed by atoms with Crippen molar-refractivity contribution in [2.75, 3.05) is 48.0 Å². The number of ketones is 1. The third kappa shape index (κ3) is 3.55. The van der Waals surface area contributed by atoms with E-state index in [0.717, 1.165) is 11.3 Å². The molecular formula is C23H25F3N6O4. The van der Waals surface area contributed by atoms with Crippen LogP contribution < -0.4 is 20.7 Å². The molecule has 1 spiro atoms. The molecule has 192 valence electrons. The second kappa shape index (κ2) is 8.17. The highest BCUT2D eigenvalue weighted by molar-refractivity contribution is 5.99. The average molecular weight is 506 g/mol. The summed E-state index contributed by atoms with van der Waals surface area (Å²) in [5, 5.41) is 11.7. The maximum Gasteiger partial charge on any atom is 0.408 e. The number of halogens is 3. The van der Waals surface area contributed by atoms with Crippen LogP contribution in [0, 0.1) is 5.92 Å². The quantitative estimate of drug-likeness (QED) is 0.532. The fourth-order valence-corrected chi connectivity index (χ4v) is 5.77. The lowest BCUT2D eigenvalue weighted by molar-refractivity contribution is -0.152. The zero-order valence-corrected chi connectivity index (χ0v) is 19.2. The van der Waals surface area contributed by atoms with Gasteiger partial charge in [0.1, 0.15) is 17.7 Å². The summed E-state index contributed by atoms with van der Waals surface area (Å²) >= 11 is 0. The summed E-state index contributed by atoms with van der Waals surface area (Å²) in [6.45, 7) is 0.609. The van der Waals surface area contributed by atoms with Gasteiger partial charge < -0.3 is 25.0 Å². The van der Waals surface area contributed by atoms with Crippen LogP contribution in [0.1, 0.15) is 23.2 Å². The molecule has 3 fully saturated rings. The number of Topliss-reactive ketones (excluding diaryl/α,β-unsaturated/α-hetero) is 1. The number of aromatic nitrogens is 3. The number of hydrogen-bond acceptors (Lipinski definition) is 9. The number of rotatable bonds is 7.